The zero-order valence-electron chi connectivity index (χ0n) is 40.2. The summed E-state index contributed by atoms with van der Waals surface area (Å²) in [6, 6.07) is 0. The van der Waals surface area contributed by atoms with Gasteiger partial charge in [-0.1, -0.05) is 210 Å². The monoisotopic (exact) mass is 853 g/mol. The number of hydrogen-bond donors (Lipinski definition) is 0. The summed E-state index contributed by atoms with van der Waals surface area (Å²) < 4.78 is 16.8. The molecule has 0 aromatic rings. The predicted molar refractivity (Wildman–Crippen MR) is 261 cm³/mol. The maximum absolute atomic E-state index is 12.8. The van der Waals surface area contributed by atoms with E-state index in [1.54, 1.807) is 0 Å². The minimum absolute atomic E-state index is 0.0838. The summed E-state index contributed by atoms with van der Waals surface area (Å²) in [5.74, 6) is -0.911. The first-order chi connectivity index (χ1) is 30.0. The van der Waals surface area contributed by atoms with Gasteiger partial charge in [-0.3, -0.25) is 14.4 Å². The smallest absolute Gasteiger partial charge is 0.306 e. The number of carbonyl (C=O) groups excluding carboxylic acids is 3. The molecule has 6 nitrogen and oxygen atoms in total. The summed E-state index contributed by atoms with van der Waals surface area (Å²) in [4.78, 5) is 38.0. The number of unbranched alkanes of at least 4 members (excludes halogenated alkanes) is 25. The number of carbonyl (C=O) groups is 3. The summed E-state index contributed by atoms with van der Waals surface area (Å²) >= 11 is 0. The molecule has 0 saturated heterocycles. The van der Waals surface area contributed by atoms with Gasteiger partial charge in [0.1, 0.15) is 13.2 Å². The average Bonchev–Trinajstić information content (AvgIpc) is 3.26. The molecule has 0 aliphatic rings. The van der Waals surface area contributed by atoms with Gasteiger partial charge in [-0.15, -0.1) is 0 Å². The molecule has 0 rings (SSSR count). The van der Waals surface area contributed by atoms with Crippen LogP contribution in [0.2, 0.25) is 0 Å². The van der Waals surface area contributed by atoms with Gasteiger partial charge in [0.05, 0.1) is 0 Å². The van der Waals surface area contributed by atoms with Crippen LogP contribution in [0.25, 0.3) is 0 Å². The molecule has 1 atom stereocenters. The van der Waals surface area contributed by atoms with Crippen LogP contribution >= 0.6 is 0 Å². The zero-order valence-corrected chi connectivity index (χ0v) is 40.2. The highest BCUT2D eigenvalue weighted by Crippen LogP contribution is 2.15. The Morgan fingerprint density at radius 2 is 0.639 bits per heavy atom. The lowest BCUT2D eigenvalue weighted by atomic mass is 10.0. The van der Waals surface area contributed by atoms with E-state index in [4.69, 9.17) is 14.2 Å². The first kappa shape index (κ1) is 58.1. The zero-order chi connectivity index (χ0) is 44.4. The lowest BCUT2D eigenvalue weighted by Gasteiger charge is -2.18. The van der Waals surface area contributed by atoms with E-state index >= 15 is 0 Å². The number of esters is 3. The second-order valence-corrected chi connectivity index (χ2v) is 17.1. The molecule has 0 radical (unpaired) electrons. The molecule has 0 aliphatic heterocycles. The number of hydrogen-bond acceptors (Lipinski definition) is 6. The van der Waals surface area contributed by atoms with E-state index in [0.29, 0.717) is 19.3 Å². The summed E-state index contributed by atoms with van der Waals surface area (Å²) in [5, 5.41) is 0. The van der Waals surface area contributed by atoms with E-state index in [1.165, 1.54) is 89.9 Å². The molecule has 0 N–H and O–H groups in total. The minimum Gasteiger partial charge on any atom is -0.462 e. The second kappa shape index (κ2) is 49.8. The Bertz CT molecular complexity index is 1120. The molecular weight excluding hydrogens is 757 g/mol. The quantitative estimate of drug-likeness (QED) is 0.0263. The van der Waals surface area contributed by atoms with Gasteiger partial charge in [-0.25, -0.2) is 0 Å². The van der Waals surface area contributed by atoms with Crippen LogP contribution in [0.5, 0.6) is 0 Å². The minimum atomic E-state index is -0.786. The van der Waals surface area contributed by atoms with E-state index in [9.17, 15) is 14.4 Å². The largest absolute Gasteiger partial charge is 0.462 e. The Labute approximate surface area is 377 Å². The van der Waals surface area contributed by atoms with Gasteiger partial charge in [-0.2, -0.15) is 0 Å². The Balaban J connectivity index is 4.42. The Morgan fingerprint density at radius 1 is 0.344 bits per heavy atom. The van der Waals surface area contributed by atoms with Gasteiger partial charge >= 0.3 is 17.9 Å². The summed E-state index contributed by atoms with van der Waals surface area (Å²) in [6.45, 7) is 6.48. The van der Waals surface area contributed by atoms with Gasteiger partial charge in [0.2, 0.25) is 0 Å². The molecule has 0 bridgehead atoms. The fourth-order valence-corrected chi connectivity index (χ4v) is 7.13. The van der Waals surface area contributed by atoms with Crippen molar-refractivity contribution in [2.24, 2.45) is 0 Å². The first-order valence-corrected chi connectivity index (χ1v) is 25.8. The number of rotatable bonds is 46. The van der Waals surface area contributed by atoms with Crippen LogP contribution in [0.15, 0.2) is 60.8 Å². The molecule has 0 saturated carbocycles. The standard InChI is InChI=1S/C55H96O6/c1-4-7-10-13-16-19-22-25-27-30-33-36-39-42-45-48-54(57)60-51-52(50-59-53(56)47-44-41-38-35-32-29-24-21-18-15-12-9-6-3)61-55(58)49-46-43-40-37-34-31-28-26-23-20-17-14-11-8-5-2/h7,10,16-17,19-20,25-28,52H,4-6,8-9,11-15,18,21-24,29-51H2,1-3H3/b10-7-,19-16-,20-17-,27-25-,28-26-. The van der Waals surface area contributed by atoms with Crippen molar-refractivity contribution in [1.29, 1.82) is 0 Å². The fourth-order valence-electron chi connectivity index (χ4n) is 7.13. The Kier molecular flexibility index (Phi) is 47.4. The topological polar surface area (TPSA) is 78.9 Å². The third-order valence-corrected chi connectivity index (χ3v) is 11.0. The van der Waals surface area contributed by atoms with Gasteiger partial charge in [-0.05, 0) is 83.5 Å². The molecule has 6 heteroatoms. The van der Waals surface area contributed by atoms with E-state index < -0.39 is 6.10 Å². The molecule has 1 unspecified atom stereocenters. The van der Waals surface area contributed by atoms with E-state index in [2.05, 4.69) is 81.5 Å². The summed E-state index contributed by atoms with van der Waals surface area (Å²) in [5.41, 5.74) is 0. The van der Waals surface area contributed by atoms with Crippen molar-refractivity contribution in [1.82, 2.24) is 0 Å². The van der Waals surface area contributed by atoms with Crippen molar-refractivity contribution in [3.8, 4) is 0 Å². The fraction of sp³-hybridized carbons (Fsp3) is 0.764. The van der Waals surface area contributed by atoms with Crippen LogP contribution in [0.4, 0.5) is 0 Å². The molecule has 61 heavy (non-hydrogen) atoms. The van der Waals surface area contributed by atoms with Crippen LogP contribution in [-0.4, -0.2) is 37.2 Å². The van der Waals surface area contributed by atoms with Crippen LogP contribution < -0.4 is 0 Å². The molecule has 0 aromatic carbocycles. The van der Waals surface area contributed by atoms with Crippen LogP contribution in [0.3, 0.4) is 0 Å². The van der Waals surface area contributed by atoms with E-state index in [1.807, 2.05) is 0 Å². The van der Waals surface area contributed by atoms with Gasteiger partial charge in [0, 0.05) is 19.3 Å². The number of allylic oxidation sites excluding steroid dienone is 10. The van der Waals surface area contributed by atoms with Crippen molar-refractivity contribution in [3.05, 3.63) is 60.8 Å². The summed E-state index contributed by atoms with van der Waals surface area (Å²) in [7, 11) is 0. The van der Waals surface area contributed by atoms with Crippen molar-refractivity contribution in [3.63, 3.8) is 0 Å². The SMILES string of the molecule is CC/C=C\C/C=C\C/C=C\CCCCCCCC(=O)OCC(COC(=O)CCCCCCCCCCCCCCC)OC(=O)CCCCCCC/C=C\C/C=C\CCCCC. The Hall–Kier alpha value is -2.89. The number of ether oxygens (including phenoxy) is 3. The first-order valence-electron chi connectivity index (χ1n) is 25.8. The van der Waals surface area contributed by atoms with Crippen LogP contribution in [0, 0.1) is 0 Å². The molecular formula is C55H96O6. The molecule has 352 valence electrons. The normalized spacial score (nSPS) is 12.5. The lowest BCUT2D eigenvalue weighted by molar-refractivity contribution is -0.167. The van der Waals surface area contributed by atoms with Crippen molar-refractivity contribution in [2.45, 2.75) is 258 Å². The Morgan fingerprint density at radius 3 is 1.03 bits per heavy atom. The highest BCUT2D eigenvalue weighted by Gasteiger charge is 2.19. The third-order valence-electron chi connectivity index (χ3n) is 11.0. The van der Waals surface area contributed by atoms with E-state index in [0.717, 1.165) is 122 Å². The average molecular weight is 853 g/mol. The van der Waals surface area contributed by atoms with Crippen LogP contribution in [-0.2, 0) is 28.6 Å². The molecule has 0 spiro atoms. The molecule has 0 aromatic heterocycles. The highest BCUT2D eigenvalue weighted by atomic mass is 16.6. The molecule has 0 aliphatic carbocycles. The van der Waals surface area contributed by atoms with E-state index in [-0.39, 0.29) is 31.1 Å². The lowest BCUT2D eigenvalue weighted by Crippen LogP contribution is -2.30. The highest BCUT2D eigenvalue weighted by molar-refractivity contribution is 5.71. The molecule has 0 fully saturated rings. The molecule has 0 heterocycles. The van der Waals surface area contributed by atoms with Crippen LogP contribution in [0.1, 0.15) is 252 Å². The predicted octanol–water partition coefficient (Wildman–Crippen LogP) is 16.9. The van der Waals surface area contributed by atoms with Crippen molar-refractivity contribution in [2.75, 3.05) is 13.2 Å². The summed E-state index contributed by atoms with van der Waals surface area (Å²) in [6.07, 6.45) is 60.5. The van der Waals surface area contributed by atoms with Gasteiger partial charge < -0.3 is 14.2 Å². The van der Waals surface area contributed by atoms with Crippen molar-refractivity contribution >= 4 is 17.9 Å². The second-order valence-electron chi connectivity index (χ2n) is 17.1. The molecule has 0 amide bonds. The maximum Gasteiger partial charge on any atom is 0.306 e. The maximum atomic E-state index is 12.8. The third kappa shape index (κ3) is 48.0. The van der Waals surface area contributed by atoms with Crippen molar-refractivity contribution < 1.29 is 28.6 Å². The van der Waals surface area contributed by atoms with Gasteiger partial charge in [0.15, 0.2) is 6.10 Å². The van der Waals surface area contributed by atoms with Gasteiger partial charge in [0.25, 0.3) is 0 Å².